The Hall–Kier alpha value is -2.51. The molecule has 0 radical (unpaired) electrons. The van der Waals surface area contributed by atoms with Crippen molar-refractivity contribution in [3.63, 3.8) is 0 Å². The highest BCUT2D eigenvalue weighted by Crippen LogP contribution is 2.11. The highest BCUT2D eigenvalue weighted by molar-refractivity contribution is 5.97. The lowest BCUT2D eigenvalue weighted by atomic mass is 10.2. The minimum Gasteiger partial charge on any atom is -0.480 e. The Labute approximate surface area is 106 Å². The van der Waals surface area contributed by atoms with E-state index in [0.717, 1.165) is 12.1 Å². The first-order chi connectivity index (χ1) is 8.81. The Morgan fingerprint density at radius 3 is 2.26 bits per heavy atom. The Morgan fingerprint density at radius 1 is 1.16 bits per heavy atom. The van der Waals surface area contributed by atoms with Gasteiger partial charge in [0.25, 0.3) is 5.91 Å². The molecular formula is C11H10F2N2O4. The second-order valence-electron chi connectivity index (χ2n) is 3.65. The van der Waals surface area contributed by atoms with Crippen LogP contribution in [0.2, 0.25) is 0 Å². The number of aliphatic carboxylic acids is 1. The van der Waals surface area contributed by atoms with Crippen molar-refractivity contribution < 1.29 is 28.3 Å². The number of benzene rings is 1. The molecule has 0 saturated carbocycles. The summed E-state index contributed by atoms with van der Waals surface area (Å²) in [6, 6.07) is 2.33. The average Bonchev–Trinajstić information content (AvgIpc) is 2.29. The van der Waals surface area contributed by atoms with Gasteiger partial charge in [-0.05, 0) is 18.2 Å². The van der Waals surface area contributed by atoms with E-state index in [0.29, 0.717) is 11.0 Å². The summed E-state index contributed by atoms with van der Waals surface area (Å²) < 4.78 is 25.7. The van der Waals surface area contributed by atoms with Crippen LogP contribution in [0.4, 0.5) is 8.78 Å². The first-order valence-corrected chi connectivity index (χ1v) is 5.05. The number of hydrogen-bond acceptors (Lipinski definition) is 3. The number of hydrogen-bond donors (Lipinski definition) is 2. The molecule has 1 aromatic rings. The van der Waals surface area contributed by atoms with Crippen LogP contribution in [-0.2, 0) is 9.59 Å². The Morgan fingerprint density at radius 2 is 1.79 bits per heavy atom. The van der Waals surface area contributed by atoms with Gasteiger partial charge in [-0.2, -0.15) is 0 Å². The first kappa shape index (κ1) is 14.6. The van der Waals surface area contributed by atoms with Gasteiger partial charge in [-0.15, -0.1) is 0 Å². The van der Waals surface area contributed by atoms with E-state index in [1.165, 1.54) is 0 Å². The molecule has 6 nitrogen and oxygen atoms in total. The summed E-state index contributed by atoms with van der Waals surface area (Å²) in [6.45, 7) is -1.41. The molecule has 0 atom stereocenters. The summed E-state index contributed by atoms with van der Waals surface area (Å²) in [5.74, 6) is -5.61. The predicted octanol–water partition coefficient (Wildman–Crippen LogP) is -0.0231. The zero-order valence-corrected chi connectivity index (χ0v) is 9.60. The maximum atomic E-state index is 13.0. The number of carboxylic acid groups (broad SMARTS) is 1. The summed E-state index contributed by atoms with van der Waals surface area (Å²) >= 11 is 0. The first-order valence-electron chi connectivity index (χ1n) is 5.05. The van der Waals surface area contributed by atoms with Gasteiger partial charge in [-0.3, -0.25) is 14.4 Å². The summed E-state index contributed by atoms with van der Waals surface area (Å²) in [7, 11) is 0. The Bertz CT molecular complexity index is 517. The molecule has 0 aliphatic rings. The molecule has 102 valence electrons. The normalized spacial score (nSPS) is 10.0. The molecule has 19 heavy (non-hydrogen) atoms. The number of carbonyl (C=O) groups is 3. The minimum atomic E-state index is -1.36. The number of nitrogens with zero attached hydrogens (tertiary/aromatic N) is 1. The van der Waals surface area contributed by atoms with Crippen LogP contribution >= 0.6 is 0 Å². The van der Waals surface area contributed by atoms with E-state index in [1.807, 2.05) is 0 Å². The third-order valence-electron chi connectivity index (χ3n) is 2.13. The van der Waals surface area contributed by atoms with Crippen molar-refractivity contribution in [3.8, 4) is 0 Å². The molecule has 8 heteroatoms. The molecular weight excluding hydrogens is 262 g/mol. The standard InChI is InChI=1S/C11H10F2N2O4/c12-7-2-1-6(3-8(7)13)11(19)15(4-9(14)16)5-10(17)18/h1-3H,4-5H2,(H2,14,16)(H,17,18). The van der Waals surface area contributed by atoms with Gasteiger partial charge in [0.1, 0.15) is 13.1 Å². The van der Waals surface area contributed by atoms with Gasteiger partial charge < -0.3 is 15.7 Å². The van der Waals surface area contributed by atoms with Crippen LogP contribution in [0.15, 0.2) is 18.2 Å². The zero-order valence-electron chi connectivity index (χ0n) is 9.60. The van der Waals surface area contributed by atoms with Crippen LogP contribution in [0, 0.1) is 11.6 Å². The molecule has 1 aromatic carbocycles. The molecule has 0 aliphatic carbocycles. The molecule has 0 fully saturated rings. The molecule has 0 aliphatic heterocycles. The zero-order chi connectivity index (χ0) is 14.6. The lowest BCUT2D eigenvalue weighted by Crippen LogP contribution is -2.41. The van der Waals surface area contributed by atoms with E-state index >= 15 is 0 Å². The molecule has 0 heterocycles. The van der Waals surface area contributed by atoms with Crippen LogP contribution in [0.5, 0.6) is 0 Å². The topological polar surface area (TPSA) is 101 Å². The highest BCUT2D eigenvalue weighted by Gasteiger charge is 2.21. The molecule has 0 aromatic heterocycles. The predicted molar refractivity (Wildman–Crippen MR) is 59.1 cm³/mol. The van der Waals surface area contributed by atoms with E-state index in [4.69, 9.17) is 10.8 Å². The average molecular weight is 272 g/mol. The number of rotatable bonds is 5. The Balaban J connectivity index is 3.00. The maximum absolute atomic E-state index is 13.0. The van der Waals surface area contributed by atoms with Crippen molar-refractivity contribution in [2.45, 2.75) is 0 Å². The van der Waals surface area contributed by atoms with Gasteiger partial charge in [0.15, 0.2) is 11.6 Å². The van der Waals surface area contributed by atoms with Crippen molar-refractivity contribution in [2.24, 2.45) is 5.73 Å². The quantitative estimate of drug-likeness (QED) is 0.786. The van der Waals surface area contributed by atoms with Crippen LogP contribution in [0.1, 0.15) is 10.4 Å². The fraction of sp³-hybridized carbons (Fsp3) is 0.182. The van der Waals surface area contributed by atoms with Crippen molar-refractivity contribution >= 4 is 17.8 Å². The van der Waals surface area contributed by atoms with Crippen molar-refractivity contribution in [1.29, 1.82) is 0 Å². The van der Waals surface area contributed by atoms with Gasteiger partial charge in [-0.25, -0.2) is 8.78 Å². The van der Waals surface area contributed by atoms with E-state index in [2.05, 4.69) is 0 Å². The van der Waals surface area contributed by atoms with Gasteiger partial charge in [0, 0.05) is 5.56 Å². The van der Waals surface area contributed by atoms with Crippen LogP contribution in [0.25, 0.3) is 0 Å². The molecule has 0 spiro atoms. The molecule has 0 bridgehead atoms. The number of halogens is 2. The van der Waals surface area contributed by atoms with Crippen molar-refractivity contribution in [1.82, 2.24) is 4.90 Å². The van der Waals surface area contributed by atoms with Crippen molar-refractivity contribution in [2.75, 3.05) is 13.1 Å². The lowest BCUT2D eigenvalue weighted by Gasteiger charge is -2.18. The SMILES string of the molecule is NC(=O)CN(CC(=O)O)C(=O)c1ccc(F)c(F)c1. The number of primary amides is 1. The number of amides is 2. The van der Waals surface area contributed by atoms with Gasteiger partial charge >= 0.3 is 5.97 Å². The van der Waals surface area contributed by atoms with Gasteiger partial charge in [0.05, 0.1) is 0 Å². The number of nitrogens with two attached hydrogens (primary N) is 1. The van der Waals surface area contributed by atoms with Crippen molar-refractivity contribution in [3.05, 3.63) is 35.4 Å². The lowest BCUT2D eigenvalue weighted by molar-refractivity contribution is -0.138. The second kappa shape index (κ2) is 5.89. The third-order valence-corrected chi connectivity index (χ3v) is 2.13. The summed E-state index contributed by atoms with van der Waals surface area (Å²) in [5, 5.41) is 8.61. The molecule has 3 N–H and O–H groups in total. The Kier molecular flexibility index (Phi) is 4.51. The summed E-state index contributed by atoms with van der Waals surface area (Å²) in [5.41, 5.74) is 4.60. The molecule has 1 rings (SSSR count). The van der Waals surface area contributed by atoms with Gasteiger partial charge in [-0.1, -0.05) is 0 Å². The van der Waals surface area contributed by atoms with Crippen LogP contribution in [0.3, 0.4) is 0 Å². The second-order valence-corrected chi connectivity index (χ2v) is 3.65. The fourth-order valence-electron chi connectivity index (χ4n) is 1.36. The molecule has 0 unspecified atom stereocenters. The van der Waals surface area contributed by atoms with Gasteiger partial charge in [0.2, 0.25) is 5.91 Å². The third kappa shape index (κ3) is 4.02. The maximum Gasteiger partial charge on any atom is 0.323 e. The summed E-state index contributed by atoms with van der Waals surface area (Å²) in [4.78, 5) is 33.8. The number of carbonyl (C=O) groups excluding carboxylic acids is 2. The van der Waals surface area contributed by atoms with Crippen LogP contribution in [-0.4, -0.2) is 40.9 Å². The minimum absolute atomic E-state index is 0.276. The largest absolute Gasteiger partial charge is 0.480 e. The highest BCUT2D eigenvalue weighted by atomic mass is 19.2. The summed E-state index contributed by atoms with van der Waals surface area (Å²) in [6.07, 6.45) is 0. The smallest absolute Gasteiger partial charge is 0.323 e. The number of carboxylic acids is 1. The monoisotopic (exact) mass is 272 g/mol. The van der Waals surface area contributed by atoms with E-state index in [9.17, 15) is 23.2 Å². The van der Waals surface area contributed by atoms with E-state index in [-0.39, 0.29) is 5.56 Å². The van der Waals surface area contributed by atoms with Crippen LogP contribution < -0.4 is 5.73 Å². The van der Waals surface area contributed by atoms with E-state index < -0.39 is 42.5 Å². The van der Waals surface area contributed by atoms with E-state index in [1.54, 1.807) is 0 Å². The molecule has 0 saturated heterocycles. The molecule has 2 amide bonds. The fourth-order valence-corrected chi connectivity index (χ4v) is 1.36.